The summed E-state index contributed by atoms with van der Waals surface area (Å²) in [7, 11) is -3.66. The zero-order valence-electron chi connectivity index (χ0n) is 12.2. The van der Waals surface area contributed by atoms with Gasteiger partial charge in [0.15, 0.2) is 0 Å². The minimum Gasteiger partial charge on any atom is -0.316 e. The van der Waals surface area contributed by atoms with Crippen LogP contribution in [-0.2, 0) is 10.0 Å². The van der Waals surface area contributed by atoms with Crippen LogP contribution in [0.15, 0.2) is 17.0 Å². The molecule has 0 aliphatic rings. The van der Waals surface area contributed by atoms with Gasteiger partial charge in [-0.2, -0.15) is 0 Å². The highest BCUT2D eigenvalue weighted by Crippen LogP contribution is 2.25. The van der Waals surface area contributed by atoms with E-state index in [9.17, 15) is 18.5 Å². The highest BCUT2D eigenvalue weighted by molar-refractivity contribution is 7.89. The van der Waals surface area contributed by atoms with Crippen LogP contribution in [0.3, 0.4) is 0 Å². The van der Waals surface area contributed by atoms with Crippen LogP contribution in [0.2, 0.25) is 0 Å². The summed E-state index contributed by atoms with van der Waals surface area (Å²) >= 11 is 0. The van der Waals surface area contributed by atoms with E-state index in [1.807, 2.05) is 6.92 Å². The number of hydrogen-bond acceptors (Lipinski definition) is 5. The Hall–Kier alpha value is -1.22. The molecule has 0 heterocycles. The van der Waals surface area contributed by atoms with Crippen molar-refractivity contribution >= 4 is 28.1 Å². The van der Waals surface area contributed by atoms with E-state index in [0.717, 1.165) is 6.54 Å². The molecule has 0 spiro atoms. The molecule has 0 radical (unpaired) electrons. The first-order valence-electron chi connectivity index (χ1n) is 6.25. The smallest absolute Gasteiger partial charge is 0.270 e. The number of likely N-dealkylation sites (N-methyl/N-ethyl adjacent to an activating group) is 1. The second-order valence-corrected chi connectivity index (χ2v) is 6.12. The van der Waals surface area contributed by atoms with Crippen molar-refractivity contribution in [3.63, 3.8) is 0 Å². The molecule has 1 rings (SSSR count). The van der Waals surface area contributed by atoms with Crippen molar-refractivity contribution < 1.29 is 13.3 Å². The van der Waals surface area contributed by atoms with Crippen molar-refractivity contribution in [2.45, 2.75) is 25.7 Å². The molecule has 0 amide bonds. The quantitative estimate of drug-likeness (QED) is 0.446. The molecule has 0 bridgehead atoms. The van der Waals surface area contributed by atoms with Crippen LogP contribution in [-0.4, -0.2) is 33.0 Å². The Bertz CT molecular complexity index is 582. The number of nitrogens with one attached hydrogen (secondary N) is 2. The predicted octanol–water partition coefficient (Wildman–Crippen LogP) is 1.52. The van der Waals surface area contributed by atoms with Crippen molar-refractivity contribution in [1.82, 2.24) is 10.0 Å². The van der Waals surface area contributed by atoms with E-state index in [2.05, 4.69) is 10.0 Å². The number of rotatable bonds is 7. The summed E-state index contributed by atoms with van der Waals surface area (Å²) < 4.78 is 26.9. The monoisotopic (exact) mass is 337 g/mol. The third kappa shape index (κ3) is 5.24. The molecule has 9 heteroatoms. The lowest BCUT2D eigenvalue weighted by atomic mass is 10.1. The number of hydrogen-bond donors (Lipinski definition) is 2. The summed E-state index contributed by atoms with van der Waals surface area (Å²) in [6, 6.07) is 2.54. The molecule has 0 unspecified atom stereocenters. The van der Waals surface area contributed by atoms with E-state index in [0.29, 0.717) is 17.7 Å². The molecule has 1 aromatic carbocycles. The first-order valence-corrected chi connectivity index (χ1v) is 7.74. The van der Waals surface area contributed by atoms with Crippen LogP contribution >= 0.6 is 12.4 Å². The molecule has 0 atom stereocenters. The molecule has 7 nitrogen and oxygen atoms in total. The van der Waals surface area contributed by atoms with Crippen molar-refractivity contribution in [2.24, 2.45) is 0 Å². The summed E-state index contributed by atoms with van der Waals surface area (Å²) in [5, 5.41) is 13.8. The number of nitrogens with zero attached hydrogens (tertiary/aromatic N) is 1. The number of non-ortho nitro benzene ring substituents is 1. The Morgan fingerprint density at radius 2 is 1.71 bits per heavy atom. The summed E-state index contributed by atoms with van der Waals surface area (Å²) in [5.41, 5.74) is 0.631. The van der Waals surface area contributed by atoms with Gasteiger partial charge in [0.25, 0.3) is 5.69 Å². The van der Waals surface area contributed by atoms with Gasteiger partial charge in [0.2, 0.25) is 10.0 Å². The van der Waals surface area contributed by atoms with Crippen LogP contribution in [0.5, 0.6) is 0 Å². The number of halogens is 1. The van der Waals surface area contributed by atoms with Crippen molar-refractivity contribution in [3.05, 3.63) is 33.4 Å². The first kappa shape index (κ1) is 19.8. The van der Waals surface area contributed by atoms with Crippen molar-refractivity contribution in [1.29, 1.82) is 0 Å². The lowest BCUT2D eigenvalue weighted by Gasteiger charge is -2.12. The van der Waals surface area contributed by atoms with Crippen LogP contribution in [0, 0.1) is 24.0 Å². The summed E-state index contributed by atoms with van der Waals surface area (Å²) in [5.74, 6) is 0. The van der Waals surface area contributed by atoms with Gasteiger partial charge in [-0.3, -0.25) is 10.1 Å². The zero-order valence-corrected chi connectivity index (χ0v) is 13.8. The fraction of sp³-hybridized carbons (Fsp3) is 0.500. The average molecular weight is 338 g/mol. The van der Waals surface area contributed by atoms with Crippen LogP contribution in [0.1, 0.15) is 18.1 Å². The SMILES string of the molecule is CCNCCNS(=O)(=O)c1c(C)cc([N+](=O)[O-])cc1C.Cl. The highest BCUT2D eigenvalue weighted by Gasteiger charge is 2.22. The third-order valence-electron chi connectivity index (χ3n) is 2.77. The van der Waals surface area contributed by atoms with E-state index in [1.165, 1.54) is 12.1 Å². The van der Waals surface area contributed by atoms with Gasteiger partial charge in [0, 0.05) is 25.2 Å². The summed E-state index contributed by atoms with van der Waals surface area (Å²) in [4.78, 5) is 10.3. The van der Waals surface area contributed by atoms with E-state index in [1.54, 1.807) is 13.8 Å². The molecule has 1 aromatic rings. The van der Waals surface area contributed by atoms with Crippen LogP contribution in [0.25, 0.3) is 0 Å². The Balaban J connectivity index is 0.00000400. The van der Waals surface area contributed by atoms with Crippen molar-refractivity contribution in [3.8, 4) is 0 Å². The fourth-order valence-electron chi connectivity index (χ4n) is 1.98. The molecular formula is C12H20ClN3O4S. The van der Waals surface area contributed by atoms with Gasteiger partial charge >= 0.3 is 0 Å². The molecular weight excluding hydrogens is 318 g/mol. The van der Waals surface area contributed by atoms with E-state index in [-0.39, 0.29) is 29.5 Å². The molecule has 0 saturated carbocycles. The fourth-order valence-corrected chi connectivity index (χ4v) is 3.46. The van der Waals surface area contributed by atoms with E-state index in [4.69, 9.17) is 0 Å². The van der Waals surface area contributed by atoms with E-state index >= 15 is 0 Å². The van der Waals surface area contributed by atoms with E-state index < -0.39 is 14.9 Å². The molecule has 2 N–H and O–H groups in total. The standard InChI is InChI=1S/C12H19N3O4S.ClH/c1-4-13-5-6-14-20(18,19)12-9(2)7-11(15(16)17)8-10(12)3;/h7-8,13-14H,4-6H2,1-3H3;1H. The number of sulfonamides is 1. The maximum Gasteiger partial charge on any atom is 0.270 e. The minimum absolute atomic E-state index is 0. The lowest BCUT2D eigenvalue weighted by Crippen LogP contribution is -2.32. The summed E-state index contributed by atoms with van der Waals surface area (Å²) in [6.07, 6.45) is 0. The van der Waals surface area contributed by atoms with Crippen LogP contribution < -0.4 is 10.0 Å². The summed E-state index contributed by atoms with van der Waals surface area (Å²) in [6.45, 7) is 6.60. The van der Waals surface area contributed by atoms with Gasteiger partial charge in [0.1, 0.15) is 0 Å². The number of nitro benzene ring substituents is 1. The molecule has 0 aromatic heterocycles. The molecule has 0 aliphatic carbocycles. The molecule has 21 heavy (non-hydrogen) atoms. The predicted molar refractivity (Wildman–Crippen MR) is 83.6 cm³/mol. The lowest BCUT2D eigenvalue weighted by molar-refractivity contribution is -0.385. The largest absolute Gasteiger partial charge is 0.316 e. The normalized spacial score (nSPS) is 11.0. The maximum absolute atomic E-state index is 12.2. The first-order chi connectivity index (χ1) is 9.29. The van der Waals surface area contributed by atoms with Gasteiger partial charge < -0.3 is 5.32 Å². The average Bonchev–Trinajstić information content (AvgIpc) is 2.33. The topological polar surface area (TPSA) is 101 Å². The second kappa shape index (κ2) is 8.28. The molecule has 0 aliphatic heterocycles. The zero-order chi connectivity index (χ0) is 15.3. The molecule has 0 saturated heterocycles. The Morgan fingerprint density at radius 1 is 1.19 bits per heavy atom. The Morgan fingerprint density at radius 3 is 2.14 bits per heavy atom. The second-order valence-electron chi connectivity index (χ2n) is 4.42. The number of aryl methyl sites for hydroxylation is 2. The third-order valence-corrected chi connectivity index (χ3v) is 4.53. The Labute approximate surface area is 130 Å². The number of nitro groups is 1. The van der Waals surface area contributed by atoms with Crippen molar-refractivity contribution in [2.75, 3.05) is 19.6 Å². The highest BCUT2D eigenvalue weighted by atomic mass is 35.5. The Kier molecular flexibility index (Phi) is 7.80. The maximum atomic E-state index is 12.2. The van der Waals surface area contributed by atoms with Gasteiger partial charge in [-0.05, 0) is 31.5 Å². The molecule has 120 valence electrons. The van der Waals surface area contributed by atoms with Gasteiger partial charge in [-0.1, -0.05) is 6.92 Å². The van der Waals surface area contributed by atoms with Gasteiger partial charge in [0.05, 0.1) is 9.82 Å². The van der Waals surface area contributed by atoms with Gasteiger partial charge in [-0.15, -0.1) is 12.4 Å². The minimum atomic E-state index is -3.66. The molecule has 0 fully saturated rings. The van der Waals surface area contributed by atoms with Gasteiger partial charge in [-0.25, -0.2) is 13.1 Å². The number of benzene rings is 1. The van der Waals surface area contributed by atoms with Crippen LogP contribution in [0.4, 0.5) is 5.69 Å².